The fourth-order valence-corrected chi connectivity index (χ4v) is 2.06. The van der Waals surface area contributed by atoms with Gasteiger partial charge in [-0.25, -0.2) is 9.66 Å². The summed E-state index contributed by atoms with van der Waals surface area (Å²) in [4.78, 5) is 4.49. The van der Waals surface area contributed by atoms with E-state index in [1.54, 1.807) is 0 Å². The van der Waals surface area contributed by atoms with E-state index in [0.29, 0.717) is 0 Å². The van der Waals surface area contributed by atoms with Gasteiger partial charge >= 0.3 is 0 Å². The lowest BCUT2D eigenvalue weighted by Gasteiger charge is -2.24. The number of hydrogen-bond acceptors (Lipinski definition) is 2. The van der Waals surface area contributed by atoms with E-state index in [-0.39, 0.29) is 0 Å². The van der Waals surface area contributed by atoms with Crippen LogP contribution in [0, 0.1) is 6.92 Å². The summed E-state index contributed by atoms with van der Waals surface area (Å²) >= 11 is 0. The second-order valence-electron chi connectivity index (χ2n) is 4.20. The molecule has 0 amide bonds. The van der Waals surface area contributed by atoms with Crippen LogP contribution in [0.4, 0.5) is 0 Å². The summed E-state index contributed by atoms with van der Waals surface area (Å²) in [7, 11) is 0. The average Bonchev–Trinajstić information content (AvgIpc) is 2.85. The first-order valence-electron chi connectivity index (χ1n) is 6.23. The normalized spacial score (nSPS) is 10.3. The van der Waals surface area contributed by atoms with Gasteiger partial charge in [-0.05, 0) is 19.4 Å². The van der Waals surface area contributed by atoms with Crippen molar-refractivity contribution in [2.24, 2.45) is 0 Å². The van der Waals surface area contributed by atoms with E-state index in [1.165, 1.54) is 11.1 Å². The van der Waals surface area contributed by atoms with E-state index in [0.717, 1.165) is 18.9 Å². The van der Waals surface area contributed by atoms with Crippen LogP contribution in [0.25, 0.3) is 11.4 Å². The molecule has 0 aliphatic heterocycles. The summed E-state index contributed by atoms with van der Waals surface area (Å²) in [6, 6.07) is 8.31. The third-order valence-corrected chi connectivity index (χ3v) is 3.02. The van der Waals surface area contributed by atoms with Gasteiger partial charge in [-0.2, -0.15) is 0 Å². The second-order valence-corrected chi connectivity index (χ2v) is 4.20. The van der Waals surface area contributed by atoms with Crippen LogP contribution >= 0.6 is 0 Å². The smallest absolute Gasteiger partial charge is 0.158 e. The second kappa shape index (κ2) is 5.54. The average molecular weight is 241 g/mol. The minimum absolute atomic E-state index is 0.811. The Bertz CT molecular complexity index is 528. The Kier molecular flexibility index (Phi) is 3.82. The Morgan fingerprint density at radius 3 is 2.83 bits per heavy atom. The van der Waals surface area contributed by atoms with Crippen molar-refractivity contribution in [2.45, 2.75) is 13.8 Å². The minimum atomic E-state index is 0.811. The van der Waals surface area contributed by atoms with Crippen LogP contribution in [0.5, 0.6) is 0 Å². The van der Waals surface area contributed by atoms with Gasteiger partial charge in [0.25, 0.3) is 0 Å². The summed E-state index contributed by atoms with van der Waals surface area (Å²) in [5.41, 5.74) is 2.41. The van der Waals surface area contributed by atoms with Gasteiger partial charge in [0.05, 0.1) is 6.54 Å². The number of nitrogens with zero attached hydrogens (tertiary/aromatic N) is 3. The Labute approximate surface area is 108 Å². The Morgan fingerprint density at radius 2 is 2.17 bits per heavy atom. The third kappa shape index (κ3) is 2.30. The zero-order chi connectivity index (χ0) is 13.0. The first kappa shape index (κ1) is 12.4. The summed E-state index contributed by atoms with van der Waals surface area (Å²) in [6.07, 6.45) is 5.74. The lowest BCUT2D eigenvalue weighted by molar-refractivity contribution is 0.644. The molecule has 0 aliphatic rings. The van der Waals surface area contributed by atoms with Crippen LogP contribution < -0.4 is 5.01 Å². The SMILES string of the molecule is C=CCN(CC)n1ccnc1-c1ccccc1C. The highest BCUT2D eigenvalue weighted by molar-refractivity contribution is 5.60. The molecule has 0 saturated heterocycles. The molecule has 3 heteroatoms. The van der Waals surface area contributed by atoms with Gasteiger partial charge in [-0.15, -0.1) is 6.58 Å². The highest BCUT2D eigenvalue weighted by Gasteiger charge is 2.11. The molecule has 0 bridgehead atoms. The molecular formula is C15H19N3. The number of likely N-dealkylation sites (N-methyl/N-ethyl adjacent to an activating group) is 1. The van der Waals surface area contributed by atoms with Crippen molar-refractivity contribution in [3.63, 3.8) is 0 Å². The van der Waals surface area contributed by atoms with Crippen molar-refractivity contribution >= 4 is 0 Å². The lowest BCUT2D eigenvalue weighted by atomic mass is 10.1. The van der Waals surface area contributed by atoms with Crippen LogP contribution in [-0.4, -0.2) is 22.7 Å². The van der Waals surface area contributed by atoms with E-state index in [1.807, 2.05) is 30.6 Å². The first-order valence-corrected chi connectivity index (χ1v) is 6.23. The molecule has 94 valence electrons. The van der Waals surface area contributed by atoms with Gasteiger partial charge < -0.3 is 5.01 Å². The number of imidazole rings is 1. The lowest BCUT2D eigenvalue weighted by Crippen LogP contribution is -2.34. The molecule has 0 saturated carbocycles. The van der Waals surface area contributed by atoms with Crippen LogP contribution in [0.3, 0.4) is 0 Å². The zero-order valence-electron chi connectivity index (χ0n) is 11.0. The predicted octanol–water partition coefficient (Wildman–Crippen LogP) is 3.00. The number of hydrogen-bond donors (Lipinski definition) is 0. The van der Waals surface area contributed by atoms with Crippen LogP contribution in [0.2, 0.25) is 0 Å². The number of aromatic nitrogens is 2. The predicted molar refractivity (Wildman–Crippen MR) is 76.2 cm³/mol. The molecule has 1 aromatic carbocycles. The van der Waals surface area contributed by atoms with E-state index >= 15 is 0 Å². The van der Waals surface area contributed by atoms with E-state index < -0.39 is 0 Å². The van der Waals surface area contributed by atoms with Crippen molar-refractivity contribution in [2.75, 3.05) is 18.1 Å². The van der Waals surface area contributed by atoms with Gasteiger partial charge in [-0.1, -0.05) is 30.3 Å². The van der Waals surface area contributed by atoms with Gasteiger partial charge in [0.1, 0.15) is 0 Å². The molecule has 0 aliphatic carbocycles. The van der Waals surface area contributed by atoms with Crippen molar-refractivity contribution in [3.8, 4) is 11.4 Å². The maximum atomic E-state index is 4.49. The van der Waals surface area contributed by atoms with Gasteiger partial charge in [0.2, 0.25) is 0 Å². The molecule has 0 spiro atoms. The summed E-state index contributed by atoms with van der Waals surface area (Å²) in [5.74, 6) is 0.983. The molecule has 3 nitrogen and oxygen atoms in total. The van der Waals surface area contributed by atoms with Crippen molar-refractivity contribution in [3.05, 3.63) is 54.9 Å². The minimum Gasteiger partial charge on any atom is -0.308 e. The zero-order valence-corrected chi connectivity index (χ0v) is 11.0. The summed E-state index contributed by atoms with van der Waals surface area (Å²) in [6.45, 7) is 9.77. The third-order valence-electron chi connectivity index (χ3n) is 3.02. The van der Waals surface area contributed by atoms with Crippen LogP contribution in [0.1, 0.15) is 12.5 Å². The van der Waals surface area contributed by atoms with Crippen LogP contribution in [0.15, 0.2) is 49.3 Å². The van der Waals surface area contributed by atoms with E-state index in [4.69, 9.17) is 0 Å². The van der Waals surface area contributed by atoms with Gasteiger partial charge in [-0.3, -0.25) is 0 Å². The molecule has 0 N–H and O–H groups in total. The monoisotopic (exact) mass is 241 g/mol. The topological polar surface area (TPSA) is 21.1 Å². The van der Waals surface area contributed by atoms with Gasteiger partial charge in [0.15, 0.2) is 5.82 Å². The fraction of sp³-hybridized carbons (Fsp3) is 0.267. The molecular weight excluding hydrogens is 222 g/mol. The molecule has 18 heavy (non-hydrogen) atoms. The number of benzene rings is 1. The molecule has 0 fully saturated rings. The highest BCUT2D eigenvalue weighted by Crippen LogP contribution is 2.21. The van der Waals surface area contributed by atoms with Crippen molar-refractivity contribution < 1.29 is 0 Å². The number of rotatable bonds is 5. The molecule has 0 radical (unpaired) electrons. The largest absolute Gasteiger partial charge is 0.308 e. The van der Waals surface area contributed by atoms with Crippen molar-refractivity contribution in [1.82, 2.24) is 9.66 Å². The molecule has 2 aromatic rings. The summed E-state index contributed by atoms with van der Waals surface area (Å²) < 4.78 is 2.10. The molecule has 1 heterocycles. The maximum Gasteiger partial charge on any atom is 0.158 e. The van der Waals surface area contributed by atoms with E-state index in [2.05, 4.69) is 47.2 Å². The highest BCUT2D eigenvalue weighted by atomic mass is 15.6. The maximum absolute atomic E-state index is 4.49. The molecule has 1 aromatic heterocycles. The Hall–Kier alpha value is -2.03. The van der Waals surface area contributed by atoms with Gasteiger partial charge in [0, 0.05) is 24.5 Å². The first-order chi connectivity index (χ1) is 8.77. The summed E-state index contributed by atoms with van der Waals surface area (Å²) in [5, 5.41) is 2.20. The van der Waals surface area contributed by atoms with Crippen molar-refractivity contribution in [1.29, 1.82) is 0 Å². The molecule has 0 unspecified atom stereocenters. The molecule has 2 rings (SSSR count). The van der Waals surface area contributed by atoms with Crippen LogP contribution in [-0.2, 0) is 0 Å². The quantitative estimate of drug-likeness (QED) is 0.750. The number of aryl methyl sites for hydroxylation is 1. The Balaban J connectivity index is 2.44. The standard InChI is InChI=1S/C15H19N3/c1-4-11-17(5-2)18-12-10-16-15(18)14-9-7-6-8-13(14)3/h4,6-10,12H,1,5,11H2,2-3H3. The van der Waals surface area contributed by atoms with E-state index in [9.17, 15) is 0 Å². The Morgan fingerprint density at radius 1 is 1.39 bits per heavy atom. The molecule has 0 atom stereocenters. The fourth-order valence-electron chi connectivity index (χ4n) is 2.06.